The second-order valence-electron chi connectivity index (χ2n) is 7.87. The zero-order chi connectivity index (χ0) is 18.9. The van der Waals surface area contributed by atoms with E-state index in [-0.39, 0.29) is 23.1 Å². The maximum Gasteiger partial charge on any atom is 0.263 e. The van der Waals surface area contributed by atoms with E-state index in [9.17, 15) is 9.59 Å². The number of hydrogen-bond donors (Lipinski definition) is 1. The Hall–Kier alpha value is -2.08. The van der Waals surface area contributed by atoms with Crippen molar-refractivity contribution in [2.24, 2.45) is 11.3 Å². The lowest BCUT2D eigenvalue weighted by molar-refractivity contribution is -0.128. The first kappa shape index (κ1) is 18.3. The van der Waals surface area contributed by atoms with E-state index in [0.717, 1.165) is 42.1 Å². The number of rotatable bonds is 4. The highest BCUT2D eigenvalue weighted by atomic mass is 32.1. The lowest BCUT2D eigenvalue weighted by Crippen LogP contribution is -2.42. The summed E-state index contributed by atoms with van der Waals surface area (Å²) in [5.74, 6) is 1.58. The van der Waals surface area contributed by atoms with Gasteiger partial charge >= 0.3 is 0 Å². The fourth-order valence-corrected chi connectivity index (χ4v) is 5.37. The number of likely N-dealkylation sites (tertiary alicyclic amines) is 1. The molecule has 5 nitrogen and oxygen atoms in total. The Morgan fingerprint density at radius 3 is 2.74 bits per heavy atom. The van der Waals surface area contributed by atoms with Crippen molar-refractivity contribution in [1.82, 2.24) is 10.2 Å². The smallest absolute Gasteiger partial charge is 0.263 e. The molecule has 27 heavy (non-hydrogen) atoms. The third kappa shape index (κ3) is 3.68. The van der Waals surface area contributed by atoms with E-state index >= 15 is 0 Å². The molecule has 1 atom stereocenters. The molecule has 2 amide bonds. The Kier molecular flexibility index (Phi) is 5.08. The van der Waals surface area contributed by atoms with E-state index in [1.54, 1.807) is 0 Å². The molecule has 1 saturated heterocycles. The molecule has 1 aliphatic carbocycles. The van der Waals surface area contributed by atoms with Gasteiger partial charge in [-0.1, -0.05) is 25.3 Å². The molecule has 2 aromatic heterocycles. The molecular weight excluding hydrogens is 360 g/mol. The van der Waals surface area contributed by atoms with Crippen molar-refractivity contribution in [3.8, 4) is 0 Å². The summed E-state index contributed by atoms with van der Waals surface area (Å²) in [6, 6.07) is 7.57. The minimum atomic E-state index is -0.141. The molecule has 0 unspecified atom stereocenters. The number of carbonyl (C=O) groups is 2. The van der Waals surface area contributed by atoms with Crippen LogP contribution in [0.1, 0.15) is 53.3 Å². The van der Waals surface area contributed by atoms with Gasteiger partial charge in [0.1, 0.15) is 11.5 Å². The van der Waals surface area contributed by atoms with Crippen molar-refractivity contribution in [3.63, 3.8) is 0 Å². The highest BCUT2D eigenvalue weighted by Gasteiger charge is 2.51. The monoisotopic (exact) mass is 386 g/mol. The molecule has 2 fully saturated rings. The van der Waals surface area contributed by atoms with E-state index in [1.165, 1.54) is 17.8 Å². The van der Waals surface area contributed by atoms with Crippen LogP contribution < -0.4 is 5.32 Å². The van der Waals surface area contributed by atoms with Gasteiger partial charge in [0.15, 0.2) is 0 Å². The van der Waals surface area contributed by atoms with Crippen LogP contribution in [0.5, 0.6) is 0 Å². The molecule has 1 saturated carbocycles. The third-order valence-electron chi connectivity index (χ3n) is 6.07. The van der Waals surface area contributed by atoms with Gasteiger partial charge in [-0.2, -0.15) is 0 Å². The first-order chi connectivity index (χ1) is 13.1. The average molecular weight is 387 g/mol. The zero-order valence-corrected chi connectivity index (χ0v) is 16.5. The lowest BCUT2D eigenvalue weighted by atomic mass is 9.67. The van der Waals surface area contributed by atoms with Crippen molar-refractivity contribution >= 4 is 23.2 Å². The highest BCUT2D eigenvalue weighted by molar-refractivity contribution is 7.12. The van der Waals surface area contributed by atoms with Gasteiger partial charge < -0.3 is 14.6 Å². The summed E-state index contributed by atoms with van der Waals surface area (Å²) in [5.41, 5.74) is -0.0751. The van der Waals surface area contributed by atoms with Crippen molar-refractivity contribution in [1.29, 1.82) is 0 Å². The fourth-order valence-electron chi connectivity index (χ4n) is 4.68. The number of carbonyl (C=O) groups excluding carboxylic acids is 2. The lowest BCUT2D eigenvalue weighted by Gasteiger charge is -2.37. The number of nitrogens with zero attached hydrogens (tertiary/aromatic N) is 1. The van der Waals surface area contributed by atoms with Crippen LogP contribution in [-0.4, -0.2) is 29.8 Å². The normalized spacial score (nSPS) is 21.5. The number of hydrogen-bond acceptors (Lipinski definition) is 4. The number of thiophene rings is 1. The molecule has 6 heteroatoms. The number of nitrogens with one attached hydrogen (secondary N) is 1. The van der Waals surface area contributed by atoms with Gasteiger partial charge in [-0.05, 0) is 43.3 Å². The van der Waals surface area contributed by atoms with E-state index in [2.05, 4.69) is 5.32 Å². The SMILES string of the molecule is Cc1ccc(CNC(=O)[C@@H]2CN(C(=O)c3cccs3)CC23CCCCC3)o1. The molecule has 2 aliphatic rings. The van der Waals surface area contributed by atoms with Crippen molar-refractivity contribution in [2.75, 3.05) is 13.1 Å². The van der Waals surface area contributed by atoms with E-state index in [4.69, 9.17) is 4.42 Å². The van der Waals surface area contributed by atoms with Gasteiger partial charge in [0, 0.05) is 18.5 Å². The molecule has 4 rings (SSSR count). The maximum absolute atomic E-state index is 13.1. The van der Waals surface area contributed by atoms with Crippen molar-refractivity contribution in [3.05, 3.63) is 46.0 Å². The Morgan fingerprint density at radius 1 is 1.26 bits per heavy atom. The molecule has 0 bridgehead atoms. The predicted octanol–water partition coefficient (Wildman–Crippen LogP) is 3.99. The second kappa shape index (κ2) is 7.50. The summed E-state index contributed by atoms with van der Waals surface area (Å²) in [7, 11) is 0. The van der Waals surface area contributed by atoms with Gasteiger partial charge in [-0.3, -0.25) is 9.59 Å². The van der Waals surface area contributed by atoms with Crippen LogP contribution in [0, 0.1) is 18.3 Å². The molecule has 2 aromatic rings. The molecule has 1 aliphatic heterocycles. The summed E-state index contributed by atoms with van der Waals surface area (Å²) in [6.45, 7) is 3.51. The van der Waals surface area contributed by atoms with E-state index < -0.39 is 0 Å². The van der Waals surface area contributed by atoms with Crippen molar-refractivity contribution < 1.29 is 14.0 Å². The molecule has 144 valence electrons. The van der Waals surface area contributed by atoms with Crippen LogP contribution in [0.3, 0.4) is 0 Å². The van der Waals surface area contributed by atoms with Gasteiger partial charge in [0.25, 0.3) is 5.91 Å². The van der Waals surface area contributed by atoms with E-state index in [1.807, 2.05) is 41.5 Å². The third-order valence-corrected chi connectivity index (χ3v) is 6.92. The maximum atomic E-state index is 13.1. The topological polar surface area (TPSA) is 62.6 Å². The molecule has 1 spiro atoms. The fraction of sp³-hybridized carbons (Fsp3) is 0.524. The average Bonchev–Trinajstić information content (AvgIpc) is 3.41. The number of aryl methyl sites for hydroxylation is 1. The number of furan rings is 1. The summed E-state index contributed by atoms with van der Waals surface area (Å²) >= 11 is 1.47. The van der Waals surface area contributed by atoms with Crippen LogP contribution in [-0.2, 0) is 11.3 Å². The van der Waals surface area contributed by atoms with Gasteiger partial charge in [0.05, 0.1) is 17.3 Å². The zero-order valence-electron chi connectivity index (χ0n) is 15.7. The number of amides is 2. The minimum Gasteiger partial charge on any atom is -0.465 e. The second-order valence-corrected chi connectivity index (χ2v) is 8.82. The van der Waals surface area contributed by atoms with Crippen LogP contribution in [0.25, 0.3) is 0 Å². The van der Waals surface area contributed by atoms with Crippen LogP contribution >= 0.6 is 11.3 Å². The molecule has 1 N–H and O–H groups in total. The summed E-state index contributed by atoms with van der Waals surface area (Å²) in [4.78, 5) is 28.6. The molecule has 0 radical (unpaired) electrons. The highest BCUT2D eigenvalue weighted by Crippen LogP contribution is 2.48. The molecule has 3 heterocycles. The Morgan fingerprint density at radius 2 is 2.07 bits per heavy atom. The van der Waals surface area contributed by atoms with Crippen LogP contribution in [0.15, 0.2) is 34.1 Å². The quantitative estimate of drug-likeness (QED) is 0.864. The Balaban J connectivity index is 1.49. The first-order valence-corrected chi connectivity index (χ1v) is 10.6. The summed E-state index contributed by atoms with van der Waals surface area (Å²) in [6.07, 6.45) is 5.56. The first-order valence-electron chi connectivity index (χ1n) is 9.73. The molecule has 0 aromatic carbocycles. The van der Waals surface area contributed by atoms with Crippen molar-refractivity contribution in [2.45, 2.75) is 45.6 Å². The summed E-state index contributed by atoms with van der Waals surface area (Å²) in [5, 5.41) is 4.98. The largest absolute Gasteiger partial charge is 0.465 e. The molecular formula is C21H26N2O3S. The van der Waals surface area contributed by atoms with Crippen LogP contribution in [0.2, 0.25) is 0 Å². The standard InChI is InChI=1S/C21H26N2O3S/c1-15-7-8-16(26-15)12-22-19(24)17-13-23(20(25)18-6-5-11-27-18)14-21(17)9-3-2-4-10-21/h5-8,11,17H,2-4,9-10,12-14H2,1H3,(H,22,24)/t17-/m0/s1. The minimum absolute atomic E-state index is 0.0485. The van der Waals surface area contributed by atoms with Gasteiger partial charge in [-0.25, -0.2) is 0 Å². The predicted molar refractivity (Wildman–Crippen MR) is 105 cm³/mol. The Bertz CT molecular complexity index is 805. The van der Waals surface area contributed by atoms with Gasteiger partial charge in [0.2, 0.25) is 5.91 Å². The van der Waals surface area contributed by atoms with Crippen LogP contribution in [0.4, 0.5) is 0 Å². The summed E-state index contributed by atoms with van der Waals surface area (Å²) < 4.78 is 5.56. The van der Waals surface area contributed by atoms with Gasteiger partial charge in [-0.15, -0.1) is 11.3 Å². The van der Waals surface area contributed by atoms with E-state index in [0.29, 0.717) is 19.6 Å². The Labute approximate surface area is 163 Å².